The lowest BCUT2D eigenvalue weighted by atomic mass is 9.82. The smallest absolute Gasteiger partial charge is 0.251 e. The van der Waals surface area contributed by atoms with Gasteiger partial charge in [0.15, 0.2) is 0 Å². The van der Waals surface area contributed by atoms with Gasteiger partial charge in [-0.05, 0) is 42.5 Å². The molecule has 156 valence electrons. The molecule has 0 spiro atoms. The van der Waals surface area contributed by atoms with Crippen molar-refractivity contribution in [3.63, 3.8) is 0 Å². The zero-order valence-corrected chi connectivity index (χ0v) is 17.8. The summed E-state index contributed by atoms with van der Waals surface area (Å²) < 4.78 is 0. The van der Waals surface area contributed by atoms with Crippen molar-refractivity contribution in [1.29, 1.82) is 0 Å². The average Bonchev–Trinajstić information content (AvgIpc) is 2.80. The van der Waals surface area contributed by atoms with Gasteiger partial charge in [0.1, 0.15) is 5.54 Å². The molecule has 0 aliphatic rings. The van der Waals surface area contributed by atoms with Gasteiger partial charge in [-0.2, -0.15) is 0 Å². The Morgan fingerprint density at radius 3 is 1.97 bits per heavy atom. The Morgan fingerprint density at radius 2 is 1.40 bits per heavy atom. The molecule has 3 aromatic rings. The number of nitrogens with one attached hydrogen (secondary N) is 1. The fourth-order valence-corrected chi connectivity index (χ4v) is 3.69. The van der Waals surface area contributed by atoms with Gasteiger partial charge in [-0.25, -0.2) is 0 Å². The molecule has 1 amide bonds. The molecule has 0 fully saturated rings. The van der Waals surface area contributed by atoms with Gasteiger partial charge < -0.3 is 16.0 Å². The van der Waals surface area contributed by atoms with Crippen molar-refractivity contribution in [3.8, 4) is 0 Å². The lowest BCUT2D eigenvalue weighted by Crippen LogP contribution is -2.52. The van der Waals surface area contributed by atoms with E-state index in [1.54, 1.807) is 4.90 Å². The van der Waals surface area contributed by atoms with Crippen LogP contribution in [0, 0.1) is 6.92 Å². The molecule has 0 aliphatic heterocycles. The number of nitrogens with two attached hydrogens (primary N) is 1. The number of para-hydroxylation sites is 1. The topological polar surface area (TPSA) is 58.4 Å². The van der Waals surface area contributed by atoms with Crippen molar-refractivity contribution in [2.24, 2.45) is 5.73 Å². The van der Waals surface area contributed by atoms with Crippen LogP contribution >= 0.6 is 0 Å². The molecular formula is C26H31N3O. The highest BCUT2D eigenvalue weighted by Gasteiger charge is 2.39. The van der Waals surface area contributed by atoms with E-state index in [4.69, 9.17) is 5.73 Å². The standard InChI is InChI=1S/C26H31N3O/c1-21-13-9-10-18-24(21)28-19-11-12-20-29(2)25(30)26(27,22-14-5-3-6-15-22)23-16-7-4-8-17-23/h3-10,13-18,28H,11-12,19-20,27H2,1-2H3. The number of unbranched alkanes of at least 4 members (excludes halogenated alkanes) is 1. The number of nitrogens with zero attached hydrogens (tertiary/aromatic N) is 1. The van der Waals surface area contributed by atoms with Crippen LogP contribution in [0.1, 0.15) is 29.5 Å². The van der Waals surface area contributed by atoms with Crippen molar-refractivity contribution >= 4 is 11.6 Å². The van der Waals surface area contributed by atoms with Gasteiger partial charge >= 0.3 is 0 Å². The summed E-state index contributed by atoms with van der Waals surface area (Å²) in [6.07, 6.45) is 1.88. The highest BCUT2D eigenvalue weighted by molar-refractivity contribution is 5.91. The molecule has 3 aromatic carbocycles. The fraction of sp³-hybridized carbons (Fsp3) is 0.269. The Hall–Kier alpha value is -3.11. The summed E-state index contributed by atoms with van der Waals surface area (Å²) >= 11 is 0. The van der Waals surface area contributed by atoms with Crippen molar-refractivity contribution in [2.45, 2.75) is 25.3 Å². The van der Waals surface area contributed by atoms with Crippen LogP contribution in [0.15, 0.2) is 84.9 Å². The van der Waals surface area contributed by atoms with Gasteiger partial charge in [0.2, 0.25) is 0 Å². The zero-order chi connectivity index (χ0) is 21.4. The maximum Gasteiger partial charge on any atom is 0.251 e. The summed E-state index contributed by atoms with van der Waals surface area (Å²) in [7, 11) is 1.84. The quantitative estimate of drug-likeness (QED) is 0.517. The van der Waals surface area contributed by atoms with E-state index in [1.807, 2.05) is 79.8 Å². The summed E-state index contributed by atoms with van der Waals surface area (Å²) in [4.78, 5) is 15.2. The Balaban J connectivity index is 1.63. The molecule has 3 rings (SSSR count). The molecule has 0 saturated heterocycles. The highest BCUT2D eigenvalue weighted by Crippen LogP contribution is 2.29. The number of anilines is 1. The molecule has 4 nitrogen and oxygen atoms in total. The number of carbonyl (C=O) groups excluding carboxylic acids is 1. The zero-order valence-electron chi connectivity index (χ0n) is 17.8. The Morgan fingerprint density at radius 1 is 0.867 bits per heavy atom. The van der Waals surface area contributed by atoms with E-state index in [1.165, 1.54) is 5.56 Å². The van der Waals surface area contributed by atoms with E-state index < -0.39 is 5.54 Å². The summed E-state index contributed by atoms with van der Waals surface area (Å²) in [6, 6.07) is 27.5. The van der Waals surface area contributed by atoms with Gasteiger partial charge in [0, 0.05) is 25.8 Å². The van der Waals surface area contributed by atoms with E-state index in [2.05, 4.69) is 24.4 Å². The minimum Gasteiger partial charge on any atom is -0.385 e. The largest absolute Gasteiger partial charge is 0.385 e. The van der Waals surface area contributed by atoms with Gasteiger partial charge in [-0.15, -0.1) is 0 Å². The fourth-order valence-electron chi connectivity index (χ4n) is 3.69. The predicted octanol–water partition coefficient (Wildman–Crippen LogP) is 4.55. The van der Waals surface area contributed by atoms with Crippen LogP contribution in [0.5, 0.6) is 0 Å². The number of carbonyl (C=O) groups is 1. The summed E-state index contributed by atoms with van der Waals surface area (Å²) in [6.45, 7) is 3.63. The minimum absolute atomic E-state index is 0.0910. The maximum absolute atomic E-state index is 13.5. The number of aryl methyl sites for hydroxylation is 1. The molecule has 0 aromatic heterocycles. The van der Waals surface area contributed by atoms with Crippen molar-refractivity contribution in [1.82, 2.24) is 4.90 Å². The second-order valence-electron chi connectivity index (χ2n) is 7.72. The Labute approximate surface area is 179 Å². The number of benzene rings is 3. The lowest BCUT2D eigenvalue weighted by molar-refractivity contribution is -0.134. The first-order valence-corrected chi connectivity index (χ1v) is 10.5. The van der Waals surface area contributed by atoms with Crippen LogP contribution in [0.25, 0.3) is 0 Å². The number of hydrogen-bond donors (Lipinski definition) is 2. The van der Waals surface area contributed by atoms with Gasteiger partial charge in [-0.1, -0.05) is 78.9 Å². The van der Waals surface area contributed by atoms with E-state index >= 15 is 0 Å². The molecule has 0 heterocycles. The molecule has 30 heavy (non-hydrogen) atoms. The third kappa shape index (κ3) is 4.89. The first-order valence-electron chi connectivity index (χ1n) is 10.5. The van der Waals surface area contributed by atoms with E-state index in [0.717, 1.165) is 36.2 Å². The van der Waals surface area contributed by atoms with Gasteiger partial charge in [0.05, 0.1) is 0 Å². The monoisotopic (exact) mass is 401 g/mol. The molecule has 0 aliphatic carbocycles. The summed E-state index contributed by atoms with van der Waals surface area (Å²) in [5.74, 6) is -0.0910. The van der Waals surface area contributed by atoms with Crippen molar-refractivity contribution in [3.05, 3.63) is 102 Å². The minimum atomic E-state index is -1.20. The molecule has 4 heteroatoms. The SMILES string of the molecule is Cc1ccccc1NCCCCN(C)C(=O)C(N)(c1ccccc1)c1ccccc1. The second kappa shape index (κ2) is 10.1. The molecular weight excluding hydrogens is 370 g/mol. The third-order valence-electron chi connectivity index (χ3n) is 5.52. The highest BCUT2D eigenvalue weighted by atomic mass is 16.2. The second-order valence-corrected chi connectivity index (χ2v) is 7.72. The molecule has 0 radical (unpaired) electrons. The molecule has 0 saturated carbocycles. The van der Waals surface area contributed by atoms with Crippen LogP contribution in [0.2, 0.25) is 0 Å². The first kappa shape index (κ1) is 21.6. The molecule has 3 N–H and O–H groups in total. The van der Waals surface area contributed by atoms with Crippen LogP contribution in [-0.2, 0) is 10.3 Å². The van der Waals surface area contributed by atoms with E-state index in [-0.39, 0.29) is 5.91 Å². The predicted molar refractivity (Wildman–Crippen MR) is 124 cm³/mol. The van der Waals surface area contributed by atoms with Gasteiger partial charge in [0.25, 0.3) is 5.91 Å². The Bertz CT molecular complexity index is 901. The van der Waals surface area contributed by atoms with Crippen molar-refractivity contribution < 1.29 is 4.79 Å². The first-order chi connectivity index (χ1) is 14.5. The summed E-state index contributed by atoms with van der Waals surface area (Å²) in [5, 5.41) is 3.47. The number of hydrogen-bond acceptors (Lipinski definition) is 3. The van der Waals surface area contributed by atoms with E-state index in [0.29, 0.717) is 6.54 Å². The van der Waals surface area contributed by atoms with Gasteiger partial charge in [-0.3, -0.25) is 4.79 Å². The van der Waals surface area contributed by atoms with Crippen LogP contribution < -0.4 is 11.1 Å². The molecule has 0 unspecified atom stereocenters. The summed E-state index contributed by atoms with van der Waals surface area (Å²) in [5.41, 5.74) is 9.61. The van der Waals surface area contributed by atoms with Crippen LogP contribution in [0.4, 0.5) is 5.69 Å². The third-order valence-corrected chi connectivity index (χ3v) is 5.52. The number of amides is 1. The molecule has 0 bridgehead atoms. The lowest BCUT2D eigenvalue weighted by Gasteiger charge is -2.33. The molecule has 0 atom stereocenters. The van der Waals surface area contributed by atoms with Crippen LogP contribution in [0.3, 0.4) is 0 Å². The van der Waals surface area contributed by atoms with Crippen LogP contribution in [-0.4, -0.2) is 30.9 Å². The Kier molecular flexibility index (Phi) is 7.26. The average molecular weight is 402 g/mol. The number of rotatable bonds is 9. The van der Waals surface area contributed by atoms with E-state index in [9.17, 15) is 4.79 Å². The van der Waals surface area contributed by atoms with Crippen molar-refractivity contribution in [2.75, 3.05) is 25.5 Å². The normalized spacial score (nSPS) is 11.2. The number of likely N-dealkylation sites (N-methyl/N-ethyl adjacent to an activating group) is 1. The maximum atomic E-state index is 13.5.